The van der Waals surface area contributed by atoms with Crippen LogP contribution in [0.2, 0.25) is 0 Å². The molecule has 0 aliphatic heterocycles. The zero-order chi connectivity index (χ0) is 16.0. The molecule has 1 atom stereocenters. The van der Waals surface area contributed by atoms with Crippen molar-refractivity contribution in [1.82, 2.24) is 5.32 Å². The molecular formula is C14H20N2O5. The van der Waals surface area contributed by atoms with Crippen LogP contribution in [0.3, 0.4) is 0 Å². The van der Waals surface area contributed by atoms with E-state index in [1.807, 2.05) is 6.92 Å². The quantitative estimate of drug-likeness (QED) is 0.562. The average Bonchev–Trinajstić information content (AvgIpc) is 2.41. The summed E-state index contributed by atoms with van der Waals surface area (Å²) in [6, 6.07) is 2.19. The lowest BCUT2D eigenvalue weighted by Gasteiger charge is -2.16. The molecule has 1 aromatic carbocycles. The van der Waals surface area contributed by atoms with Crippen LogP contribution in [0.15, 0.2) is 12.1 Å². The Morgan fingerprint density at radius 3 is 2.62 bits per heavy atom. The van der Waals surface area contributed by atoms with Gasteiger partial charge in [-0.25, -0.2) is 0 Å². The topological polar surface area (TPSA) is 102 Å². The molecule has 116 valence electrons. The van der Waals surface area contributed by atoms with Crippen LogP contribution in [0, 0.1) is 24.0 Å². The van der Waals surface area contributed by atoms with Crippen molar-refractivity contribution in [2.24, 2.45) is 0 Å². The summed E-state index contributed by atoms with van der Waals surface area (Å²) >= 11 is 0. The first-order valence-corrected chi connectivity index (χ1v) is 6.71. The van der Waals surface area contributed by atoms with E-state index in [1.165, 1.54) is 6.07 Å². The van der Waals surface area contributed by atoms with Gasteiger partial charge < -0.3 is 15.2 Å². The predicted octanol–water partition coefficient (Wildman–Crippen LogP) is 2.04. The van der Waals surface area contributed by atoms with Gasteiger partial charge in [-0.2, -0.15) is 0 Å². The van der Waals surface area contributed by atoms with Crippen LogP contribution in [-0.4, -0.2) is 35.2 Å². The van der Waals surface area contributed by atoms with E-state index < -0.39 is 16.9 Å². The number of nitro benzene ring substituents is 1. The van der Waals surface area contributed by atoms with Crippen LogP contribution in [0.25, 0.3) is 0 Å². The minimum absolute atomic E-state index is 0.0266. The highest BCUT2D eigenvalue weighted by atomic mass is 16.6. The number of nitro groups is 1. The number of aliphatic carboxylic acids is 1. The van der Waals surface area contributed by atoms with Gasteiger partial charge in [-0.05, 0) is 38.4 Å². The Bertz CT molecular complexity index is 530. The number of ether oxygens (including phenoxy) is 1. The average molecular weight is 296 g/mol. The van der Waals surface area contributed by atoms with Crippen molar-refractivity contribution in [3.8, 4) is 5.75 Å². The van der Waals surface area contributed by atoms with Gasteiger partial charge in [-0.1, -0.05) is 6.92 Å². The summed E-state index contributed by atoms with van der Waals surface area (Å²) in [5.74, 6) is -0.526. The lowest BCUT2D eigenvalue weighted by Crippen LogP contribution is -2.41. The molecule has 0 aliphatic carbocycles. The van der Waals surface area contributed by atoms with Crippen molar-refractivity contribution in [1.29, 1.82) is 0 Å². The summed E-state index contributed by atoms with van der Waals surface area (Å²) in [5.41, 5.74) is 1.11. The third-order valence-corrected chi connectivity index (χ3v) is 3.03. The summed E-state index contributed by atoms with van der Waals surface area (Å²) in [4.78, 5) is 21.5. The first-order chi connectivity index (χ1) is 9.86. The number of carboxylic acid groups (broad SMARTS) is 1. The molecule has 0 saturated carbocycles. The van der Waals surface area contributed by atoms with E-state index in [0.717, 1.165) is 6.42 Å². The SMILES string of the molecule is CCCNC(COc1cc(C)c([N+](=O)[O-])cc1C)C(=O)O. The zero-order valence-electron chi connectivity index (χ0n) is 12.4. The van der Waals surface area contributed by atoms with Crippen molar-refractivity contribution in [3.05, 3.63) is 33.4 Å². The Balaban J connectivity index is 2.81. The lowest BCUT2D eigenvalue weighted by atomic mass is 10.1. The predicted molar refractivity (Wildman–Crippen MR) is 77.8 cm³/mol. The fraction of sp³-hybridized carbons (Fsp3) is 0.500. The highest BCUT2D eigenvalue weighted by Crippen LogP contribution is 2.27. The molecule has 1 rings (SSSR count). The van der Waals surface area contributed by atoms with Crippen molar-refractivity contribution in [3.63, 3.8) is 0 Å². The third-order valence-electron chi connectivity index (χ3n) is 3.03. The largest absolute Gasteiger partial charge is 0.491 e. The number of carboxylic acids is 1. The molecular weight excluding hydrogens is 276 g/mol. The highest BCUT2D eigenvalue weighted by Gasteiger charge is 2.19. The van der Waals surface area contributed by atoms with Gasteiger partial charge in [-0.3, -0.25) is 14.9 Å². The Morgan fingerprint density at radius 2 is 2.10 bits per heavy atom. The van der Waals surface area contributed by atoms with Crippen LogP contribution in [0.5, 0.6) is 5.75 Å². The molecule has 0 radical (unpaired) electrons. The second-order valence-corrected chi connectivity index (χ2v) is 4.82. The zero-order valence-corrected chi connectivity index (χ0v) is 12.4. The van der Waals surface area contributed by atoms with E-state index in [1.54, 1.807) is 19.9 Å². The molecule has 7 nitrogen and oxygen atoms in total. The Morgan fingerprint density at radius 1 is 1.43 bits per heavy atom. The van der Waals surface area contributed by atoms with Gasteiger partial charge in [0.1, 0.15) is 18.4 Å². The Kier molecular flexibility index (Phi) is 6.10. The van der Waals surface area contributed by atoms with Gasteiger partial charge in [0, 0.05) is 11.6 Å². The molecule has 0 aromatic heterocycles. The van der Waals surface area contributed by atoms with Crippen LogP contribution in [-0.2, 0) is 4.79 Å². The molecule has 0 fully saturated rings. The van der Waals surface area contributed by atoms with Crippen molar-refractivity contribution in [2.45, 2.75) is 33.2 Å². The maximum absolute atomic E-state index is 11.1. The minimum atomic E-state index is -0.986. The molecule has 0 bridgehead atoms. The maximum atomic E-state index is 11.1. The first-order valence-electron chi connectivity index (χ1n) is 6.71. The van der Waals surface area contributed by atoms with Crippen LogP contribution in [0.1, 0.15) is 24.5 Å². The molecule has 0 saturated heterocycles. The number of aryl methyl sites for hydroxylation is 2. The number of nitrogens with zero attached hydrogens (tertiary/aromatic N) is 1. The normalized spacial score (nSPS) is 12.0. The van der Waals surface area contributed by atoms with E-state index in [4.69, 9.17) is 9.84 Å². The fourth-order valence-corrected chi connectivity index (χ4v) is 1.84. The third kappa shape index (κ3) is 4.71. The number of carbonyl (C=O) groups is 1. The van der Waals surface area contributed by atoms with Gasteiger partial charge in [0.15, 0.2) is 0 Å². The van der Waals surface area contributed by atoms with Gasteiger partial charge in [0.25, 0.3) is 5.69 Å². The van der Waals surface area contributed by atoms with Crippen LogP contribution < -0.4 is 10.1 Å². The van der Waals surface area contributed by atoms with Crippen molar-refractivity contribution >= 4 is 11.7 Å². The second kappa shape index (κ2) is 7.58. The lowest BCUT2D eigenvalue weighted by molar-refractivity contribution is -0.385. The van der Waals surface area contributed by atoms with Gasteiger partial charge >= 0.3 is 5.97 Å². The number of hydrogen-bond donors (Lipinski definition) is 2. The fourth-order valence-electron chi connectivity index (χ4n) is 1.84. The number of rotatable bonds is 8. The number of benzene rings is 1. The van der Waals surface area contributed by atoms with E-state index in [9.17, 15) is 14.9 Å². The van der Waals surface area contributed by atoms with Crippen molar-refractivity contribution < 1.29 is 19.6 Å². The summed E-state index contributed by atoms with van der Waals surface area (Å²) in [7, 11) is 0. The highest BCUT2D eigenvalue weighted by molar-refractivity contribution is 5.73. The van der Waals surface area contributed by atoms with E-state index in [0.29, 0.717) is 23.4 Å². The standard InChI is InChI=1S/C14H20N2O5/c1-4-5-15-11(14(17)18)8-21-13-7-9(2)12(16(19)20)6-10(13)3/h6-7,11,15H,4-5,8H2,1-3H3,(H,17,18). The smallest absolute Gasteiger partial charge is 0.324 e. The van der Waals surface area contributed by atoms with Gasteiger partial charge in [-0.15, -0.1) is 0 Å². The molecule has 21 heavy (non-hydrogen) atoms. The monoisotopic (exact) mass is 296 g/mol. The molecule has 0 aliphatic rings. The summed E-state index contributed by atoms with van der Waals surface area (Å²) in [6.07, 6.45) is 0.819. The van der Waals surface area contributed by atoms with Gasteiger partial charge in [0.2, 0.25) is 0 Å². The van der Waals surface area contributed by atoms with Gasteiger partial charge in [0.05, 0.1) is 4.92 Å². The Hall–Kier alpha value is -2.15. The maximum Gasteiger partial charge on any atom is 0.324 e. The molecule has 0 heterocycles. The molecule has 7 heteroatoms. The molecule has 0 spiro atoms. The number of hydrogen-bond acceptors (Lipinski definition) is 5. The van der Waals surface area contributed by atoms with E-state index in [-0.39, 0.29) is 12.3 Å². The first kappa shape index (κ1) is 16.9. The van der Waals surface area contributed by atoms with Crippen molar-refractivity contribution in [2.75, 3.05) is 13.2 Å². The van der Waals surface area contributed by atoms with Crippen LogP contribution >= 0.6 is 0 Å². The number of nitrogens with one attached hydrogen (secondary N) is 1. The molecule has 2 N–H and O–H groups in total. The van der Waals surface area contributed by atoms with E-state index >= 15 is 0 Å². The molecule has 1 unspecified atom stereocenters. The molecule has 1 aromatic rings. The summed E-state index contributed by atoms with van der Waals surface area (Å²) in [5, 5.41) is 22.8. The summed E-state index contributed by atoms with van der Waals surface area (Å²) < 4.78 is 5.51. The summed E-state index contributed by atoms with van der Waals surface area (Å²) in [6.45, 7) is 5.80. The Labute approximate surface area is 123 Å². The van der Waals surface area contributed by atoms with E-state index in [2.05, 4.69) is 5.32 Å². The molecule has 0 amide bonds. The van der Waals surface area contributed by atoms with Crippen LogP contribution in [0.4, 0.5) is 5.69 Å². The minimum Gasteiger partial charge on any atom is -0.491 e. The second-order valence-electron chi connectivity index (χ2n) is 4.82.